The van der Waals surface area contributed by atoms with Crippen molar-refractivity contribution in [1.82, 2.24) is 4.98 Å². The number of aryl methyl sites for hydroxylation is 2. The summed E-state index contributed by atoms with van der Waals surface area (Å²) in [6, 6.07) is 8.56. The average molecular weight is 630 g/mol. The lowest BCUT2D eigenvalue weighted by atomic mass is 9.83. The van der Waals surface area contributed by atoms with Crippen molar-refractivity contribution in [1.29, 1.82) is 0 Å². The smallest absolute Gasteiger partial charge is 0.281 e. The third-order valence-electron chi connectivity index (χ3n) is 7.30. The highest BCUT2D eigenvalue weighted by molar-refractivity contribution is 6.29. The number of phenolic OH excluding ortho intramolecular Hbond substituents is 1. The van der Waals surface area contributed by atoms with Crippen LogP contribution in [0.3, 0.4) is 0 Å². The van der Waals surface area contributed by atoms with Crippen LogP contribution in [-0.2, 0) is 4.79 Å². The number of nitrogens with one attached hydrogen (secondary N) is 1. The van der Waals surface area contributed by atoms with E-state index in [0.717, 1.165) is 24.8 Å². The maximum Gasteiger partial charge on any atom is 0.281 e. The minimum Gasteiger partial charge on any atom is -0.506 e. The van der Waals surface area contributed by atoms with Gasteiger partial charge < -0.3 is 29.5 Å². The van der Waals surface area contributed by atoms with E-state index in [1.54, 1.807) is 44.2 Å². The van der Waals surface area contributed by atoms with E-state index in [0.29, 0.717) is 29.4 Å². The Labute approximate surface area is 263 Å². The fraction of sp³-hybridized carbons (Fsp3) is 0.364. The number of ether oxygens (including phenoxy) is 1. The Morgan fingerprint density at radius 1 is 1.20 bits per heavy atom. The Morgan fingerprint density at radius 2 is 1.86 bits per heavy atom. The maximum absolute atomic E-state index is 16.0. The molecular weight excluding hydrogens is 589 g/mol. The fourth-order valence-corrected chi connectivity index (χ4v) is 4.87. The van der Waals surface area contributed by atoms with E-state index < -0.39 is 17.8 Å². The molecule has 1 aromatic heterocycles. The molecule has 9 nitrogen and oxygen atoms in total. The maximum atomic E-state index is 16.0. The zero-order valence-electron chi connectivity index (χ0n) is 26.3. The summed E-state index contributed by atoms with van der Waals surface area (Å²) in [7, 11) is 1.00. The Bertz CT molecular complexity index is 1520. The number of carbonyl (C=O) groups is 2. The van der Waals surface area contributed by atoms with Crippen molar-refractivity contribution < 1.29 is 33.3 Å². The van der Waals surface area contributed by atoms with E-state index >= 15 is 4.39 Å². The van der Waals surface area contributed by atoms with Crippen LogP contribution in [0, 0.1) is 25.1 Å². The van der Waals surface area contributed by atoms with Crippen molar-refractivity contribution in [2.75, 3.05) is 23.9 Å². The van der Waals surface area contributed by atoms with Crippen LogP contribution >= 0.6 is 11.6 Å². The lowest BCUT2D eigenvalue weighted by Crippen LogP contribution is -2.36. The van der Waals surface area contributed by atoms with E-state index in [4.69, 9.17) is 30.7 Å². The molecule has 0 saturated carbocycles. The third kappa shape index (κ3) is 8.06. The number of rotatable bonds is 8. The summed E-state index contributed by atoms with van der Waals surface area (Å²) in [6.45, 7) is 17.2. The summed E-state index contributed by atoms with van der Waals surface area (Å²) in [4.78, 5) is 28.1. The molecule has 1 amide bonds. The Balaban J connectivity index is 0.00000162. The predicted molar refractivity (Wildman–Crippen MR) is 171 cm³/mol. The number of aromatic nitrogens is 1. The van der Waals surface area contributed by atoms with Crippen molar-refractivity contribution in [2.24, 2.45) is 5.41 Å². The lowest BCUT2D eigenvalue weighted by Gasteiger charge is -2.33. The third-order valence-corrected chi connectivity index (χ3v) is 7.41. The quantitative estimate of drug-likeness (QED) is 0.218. The minimum absolute atomic E-state index is 0.0327. The first-order valence-electron chi connectivity index (χ1n) is 13.9. The van der Waals surface area contributed by atoms with Crippen LogP contribution in [0.5, 0.6) is 11.5 Å². The Hall–Kier alpha value is -4.15. The number of fused-ring (bicyclic) bond motifs is 1. The number of halogens is 2. The van der Waals surface area contributed by atoms with Crippen molar-refractivity contribution >= 4 is 35.7 Å². The van der Waals surface area contributed by atoms with Crippen LogP contribution in [-0.4, -0.2) is 41.6 Å². The van der Waals surface area contributed by atoms with Gasteiger partial charge in [0.05, 0.1) is 11.7 Å². The predicted octanol–water partition coefficient (Wildman–Crippen LogP) is 7.60. The summed E-state index contributed by atoms with van der Waals surface area (Å²) in [6.07, 6.45) is 1.49. The van der Waals surface area contributed by atoms with E-state index in [2.05, 4.69) is 37.7 Å². The van der Waals surface area contributed by atoms with E-state index in [1.165, 1.54) is 11.0 Å². The number of phenols is 1. The standard InChI is InChI=1S/C31H35ClFN3O4.CH4O.CH2O/c1-8-31(6,7)15-24-18(3)29(22-13-12-21(14-23(22)33)39-16-17(2)32)36(25-10-9-11-26(37)28(25)35-24)30(38)27-19(4)40-20(5)34-27;2*1-2/h9-14,29,35,37H,2,8,15-16H2,1,3-7H3;2H,1H3;1H2. The van der Waals surface area contributed by atoms with Crippen molar-refractivity contribution in [2.45, 2.75) is 60.4 Å². The number of nitrogens with zero attached hydrogens (tertiary/aromatic N) is 2. The first-order valence-corrected chi connectivity index (χ1v) is 14.3. The van der Waals surface area contributed by atoms with E-state index in [-0.39, 0.29) is 39.8 Å². The van der Waals surface area contributed by atoms with Crippen molar-refractivity contribution in [3.8, 4) is 11.5 Å². The number of oxazole rings is 1. The van der Waals surface area contributed by atoms with Gasteiger partial charge in [-0.1, -0.05) is 51.4 Å². The first kappa shape index (κ1) is 36.0. The summed E-state index contributed by atoms with van der Waals surface area (Å²) in [5.41, 5.74) is 2.52. The molecule has 11 heteroatoms. The van der Waals surface area contributed by atoms with E-state index in [1.807, 2.05) is 13.7 Å². The van der Waals surface area contributed by atoms with Gasteiger partial charge in [0.25, 0.3) is 5.91 Å². The van der Waals surface area contributed by atoms with Gasteiger partial charge in [0, 0.05) is 36.4 Å². The summed E-state index contributed by atoms with van der Waals surface area (Å²) >= 11 is 5.82. The summed E-state index contributed by atoms with van der Waals surface area (Å²) in [5.74, 6) is -0.115. The summed E-state index contributed by atoms with van der Waals surface area (Å²) in [5, 5.41) is 21.6. The molecular formula is C33H41ClFN3O6. The lowest BCUT2D eigenvalue weighted by molar-refractivity contribution is -0.0980. The minimum atomic E-state index is -0.876. The normalized spacial score (nSPS) is 14.2. The van der Waals surface area contributed by atoms with Gasteiger partial charge in [-0.2, -0.15) is 0 Å². The van der Waals surface area contributed by atoms with Crippen LogP contribution in [0.1, 0.15) is 74.3 Å². The second-order valence-electron chi connectivity index (χ2n) is 10.9. The second kappa shape index (κ2) is 15.5. The molecule has 2 heterocycles. The van der Waals surface area contributed by atoms with Gasteiger partial charge >= 0.3 is 0 Å². The van der Waals surface area contributed by atoms with Crippen LogP contribution in [0.25, 0.3) is 0 Å². The van der Waals surface area contributed by atoms with Gasteiger partial charge in [0.15, 0.2) is 11.6 Å². The topological polar surface area (TPSA) is 125 Å². The van der Waals surface area contributed by atoms with Crippen LogP contribution in [0.15, 0.2) is 63.7 Å². The Kier molecular flexibility index (Phi) is 12.7. The van der Waals surface area contributed by atoms with Gasteiger partial charge in [0.1, 0.15) is 42.2 Å². The highest BCUT2D eigenvalue weighted by Gasteiger charge is 2.39. The molecule has 4 rings (SSSR count). The molecule has 0 aliphatic carbocycles. The number of hydrogen-bond donors (Lipinski definition) is 3. The zero-order valence-corrected chi connectivity index (χ0v) is 27.0. The molecule has 0 fully saturated rings. The number of para-hydroxylation sites is 1. The number of allylic oxidation sites excluding steroid dienone is 1. The monoisotopic (exact) mass is 629 g/mol. The number of aliphatic hydroxyl groups excluding tert-OH is 1. The van der Waals surface area contributed by atoms with Crippen molar-refractivity contribution in [3.05, 3.63) is 88.0 Å². The molecule has 238 valence electrons. The van der Waals surface area contributed by atoms with Crippen LogP contribution in [0.2, 0.25) is 0 Å². The number of hydrogen-bond acceptors (Lipinski definition) is 8. The molecule has 3 aromatic rings. The molecule has 0 radical (unpaired) electrons. The zero-order chi connectivity index (χ0) is 33.4. The molecule has 1 unspecified atom stereocenters. The van der Waals surface area contributed by atoms with Gasteiger partial charge in [-0.15, -0.1) is 0 Å². The number of aromatic hydroxyl groups is 1. The molecule has 0 saturated heterocycles. The first-order chi connectivity index (χ1) is 20.8. The number of anilines is 2. The number of amides is 1. The number of aliphatic hydroxyl groups is 1. The van der Waals surface area contributed by atoms with Crippen LogP contribution in [0.4, 0.5) is 15.8 Å². The molecule has 1 aliphatic heterocycles. The molecule has 1 aliphatic rings. The largest absolute Gasteiger partial charge is 0.506 e. The molecule has 0 bridgehead atoms. The SMILES string of the molecule is C=C(Cl)COc1ccc(C2C(C)=C(CC(C)(C)CC)Nc3c(O)cccc3N2C(=O)c2nc(C)oc2C)c(F)c1.C=O.CO. The molecule has 0 spiro atoms. The second-order valence-corrected chi connectivity index (χ2v) is 11.4. The highest BCUT2D eigenvalue weighted by Crippen LogP contribution is 2.48. The van der Waals surface area contributed by atoms with Gasteiger partial charge in [-0.25, -0.2) is 9.37 Å². The van der Waals surface area contributed by atoms with Crippen LogP contribution < -0.4 is 15.0 Å². The fourth-order valence-electron chi connectivity index (χ4n) is 4.81. The molecule has 3 N–H and O–H groups in total. The number of carbonyl (C=O) groups excluding carboxylic acids is 2. The van der Waals surface area contributed by atoms with Crippen molar-refractivity contribution in [3.63, 3.8) is 0 Å². The van der Waals surface area contributed by atoms with Gasteiger partial charge in [0.2, 0.25) is 0 Å². The van der Waals surface area contributed by atoms with E-state index in [9.17, 15) is 9.90 Å². The molecule has 44 heavy (non-hydrogen) atoms. The highest BCUT2D eigenvalue weighted by atomic mass is 35.5. The van der Waals surface area contributed by atoms with Gasteiger partial charge in [-0.05, 0) is 55.5 Å². The summed E-state index contributed by atoms with van der Waals surface area (Å²) < 4.78 is 27.1. The molecule has 2 aromatic carbocycles. The molecule has 1 atom stereocenters. The Morgan fingerprint density at radius 3 is 2.41 bits per heavy atom. The van der Waals surface area contributed by atoms with Gasteiger partial charge in [-0.3, -0.25) is 9.69 Å². The average Bonchev–Trinajstić information content (AvgIpc) is 3.28. The number of benzene rings is 2.